The summed E-state index contributed by atoms with van der Waals surface area (Å²) in [7, 11) is 0. The lowest BCUT2D eigenvalue weighted by Crippen LogP contribution is -2.37. The third kappa shape index (κ3) is 6.85. The van der Waals surface area contributed by atoms with Crippen molar-refractivity contribution in [2.75, 3.05) is 0 Å². The Balaban J connectivity index is 1.76. The molecule has 0 aliphatic rings. The van der Waals surface area contributed by atoms with Crippen LogP contribution < -0.4 is 5.69 Å². The normalized spacial score (nSPS) is 13.2. The summed E-state index contributed by atoms with van der Waals surface area (Å²) in [6.45, 7) is 1.91. The molecule has 1 atom stereocenters. The fraction of sp³-hybridized carbons (Fsp3) is 0.375. The predicted molar refractivity (Wildman–Crippen MR) is 137 cm³/mol. The van der Waals surface area contributed by atoms with Gasteiger partial charge in [0.05, 0.1) is 17.2 Å². The van der Waals surface area contributed by atoms with Gasteiger partial charge in [0.1, 0.15) is 12.4 Å². The Morgan fingerprint density at radius 3 is 2.38 bits per heavy atom. The van der Waals surface area contributed by atoms with Gasteiger partial charge < -0.3 is 10.2 Å². The number of hydrogen-bond acceptors (Lipinski definition) is 7. The molecular weight excluding hydrogens is 562 g/mol. The van der Waals surface area contributed by atoms with Crippen LogP contribution >= 0.6 is 23.2 Å². The summed E-state index contributed by atoms with van der Waals surface area (Å²) in [5.74, 6) is 0.671. The molecule has 0 bridgehead atoms. The van der Waals surface area contributed by atoms with Gasteiger partial charge in [-0.1, -0.05) is 23.2 Å². The molecule has 0 unspecified atom stereocenters. The molecule has 0 spiro atoms. The first kappa shape index (κ1) is 28.7. The molecule has 39 heavy (non-hydrogen) atoms. The van der Waals surface area contributed by atoms with E-state index in [4.69, 9.17) is 23.2 Å². The van der Waals surface area contributed by atoms with Crippen molar-refractivity contribution >= 4 is 23.2 Å². The van der Waals surface area contributed by atoms with Crippen LogP contribution in [0.2, 0.25) is 10.0 Å². The smallest absolute Gasteiger partial charge is 0.390 e. The van der Waals surface area contributed by atoms with Crippen molar-refractivity contribution in [2.45, 2.75) is 57.7 Å². The van der Waals surface area contributed by atoms with Gasteiger partial charge in [-0.05, 0) is 56.7 Å². The number of halogens is 5. The van der Waals surface area contributed by atoms with Gasteiger partial charge >= 0.3 is 11.9 Å². The van der Waals surface area contributed by atoms with Crippen molar-refractivity contribution in [3.8, 4) is 17.2 Å². The number of aliphatic hydroxyl groups excluding tert-OH is 1. The van der Waals surface area contributed by atoms with E-state index >= 15 is 0 Å². The van der Waals surface area contributed by atoms with Crippen LogP contribution in [0.4, 0.5) is 13.2 Å². The Bertz CT molecular complexity index is 1510. The van der Waals surface area contributed by atoms with Crippen LogP contribution in [0.15, 0.2) is 47.4 Å². The van der Waals surface area contributed by atoms with Crippen molar-refractivity contribution < 1.29 is 23.4 Å². The van der Waals surface area contributed by atoms with Crippen LogP contribution in [0.25, 0.3) is 17.2 Å². The fourth-order valence-electron chi connectivity index (χ4n) is 3.67. The van der Waals surface area contributed by atoms with Crippen LogP contribution in [0.3, 0.4) is 0 Å². The maximum absolute atomic E-state index is 13.2. The number of rotatable bonds is 9. The van der Waals surface area contributed by atoms with Crippen LogP contribution in [-0.4, -0.2) is 62.2 Å². The minimum Gasteiger partial charge on any atom is -0.390 e. The Morgan fingerprint density at radius 2 is 1.77 bits per heavy atom. The lowest BCUT2D eigenvalue weighted by Gasteiger charge is -2.16. The van der Waals surface area contributed by atoms with Crippen molar-refractivity contribution in [3.63, 3.8) is 0 Å². The summed E-state index contributed by atoms with van der Waals surface area (Å²) < 4.78 is 42.4. The summed E-state index contributed by atoms with van der Waals surface area (Å²) in [4.78, 5) is 21.9. The van der Waals surface area contributed by atoms with Crippen molar-refractivity contribution in [1.29, 1.82) is 0 Å². The van der Waals surface area contributed by atoms with Crippen LogP contribution in [0, 0.1) is 0 Å². The number of benzene rings is 1. The predicted octanol–water partition coefficient (Wildman–Crippen LogP) is 3.67. The lowest BCUT2D eigenvalue weighted by molar-refractivity contribution is -0.207. The highest BCUT2D eigenvalue weighted by molar-refractivity contribution is 6.32. The minimum atomic E-state index is -4.95. The van der Waals surface area contributed by atoms with Gasteiger partial charge in [-0.15, -0.1) is 10.2 Å². The molecule has 15 heteroatoms. The van der Waals surface area contributed by atoms with Crippen molar-refractivity contribution in [3.05, 3.63) is 74.8 Å². The van der Waals surface area contributed by atoms with E-state index in [2.05, 4.69) is 20.2 Å². The summed E-state index contributed by atoms with van der Waals surface area (Å²) >= 11 is 12.2. The van der Waals surface area contributed by atoms with Gasteiger partial charge in [-0.25, -0.2) is 19.4 Å². The molecule has 10 nitrogen and oxygen atoms in total. The summed E-state index contributed by atoms with van der Waals surface area (Å²) in [6.07, 6.45) is -5.63. The molecule has 0 saturated carbocycles. The molecule has 0 amide bonds. The van der Waals surface area contributed by atoms with Gasteiger partial charge in [-0.3, -0.25) is 4.57 Å². The summed E-state index contributed by atoms with van der Waals surface area (Å²) in [5, 5.41) is 29.2. The SMILES string of the molecule is CC(C)(O)CCc1nc(Cn2nc(-c3ccc(Cl)cc3)n(C[C@H](O)C(F)(F)F)c2=O)nn1-c1ncccc1Cl. The van der Waals surface area contributed by atoms with Gasteiger partial charge in [0.25, 0.3) is 0 Å². The molecule has 0 aliphatic heterocycles. The van der Waals surface area contributed by atoms with Crippen LogP contribution in [0.5, 0.6) is 0 Å². The average molecular weight is 586 g/mol. The molecule has 4 aromatic rings. The highest BCUT2D eigenvalue weighted by atomic mass is 35.5. The van der Waals surface area contributed by atoms with Gasteiger partial charge in [0.15, 0.2) is 23.6 Å². The molecule has 0 aliphatic carbocycles. The van der Waals surface area contributed by atoms with Gasteiger partial charge in [-0.2, -0.15) is 17.9 Å². The van der Waals surface area contributed by atoms with E-state index in [0.717, 1.165) is 9.25 Å². The van der Waals surface area contributed by atoms with Gasteiger partial charge in [0.2, 0.25) is 0 Å². The van der Waals surface area contributed by atoms with E-state index in [1.54, 1.807) is 26.0 Å². The second kappa shape index (κ2) is 11.1. The third-order valence-electron chi connectivity index (χ3n) is 5.67. The minimum absolute atomic E-state index is 0.102. The average Bonchev–Trinajstić information content (AvgIpc) is 3.39. The van der Waals surface area contributed by atoms with E-state index in [9.17, 15) is 28.2 Å². The van der Waals surface area contributed by atoms with Crippen LogP contribution in [-0.2, 0) is 19.5 Å². The number of alkyl halides is 3. The monoisotopic (exact) mass is 585 g/mol. The molecule has 3 heterocycles. The standard InChI is InChI=1S/C24H24Cl2F3N7O3/c1-23(2,39)10-9-19-31-18(32-36(19)21-16(26)4-3-11-30-21)13-35-22(38)34(12-17(37)24(27,28)29)20(33-35)14-5-7-15(25)8-6-14/h3-8,11,17,37,39H,9-10,12-13H2,1-2H3/t17-/m0/s1. The van der Waals surface area contributed by atoms with E-state index in [-0.39, 0.29) is 35.5 Å². The van der Waals surface area contributed by atoms with E-state index < -0.39 is 30.1 Å². The second-order valence-corrected chi connectivity index (χ2v) is 10.3. The summed E-state index contributed by atoms with van der Waals surface area (Å²) in [6, 6.07) is 9.24. The van der Waals surface area contributed by atoms with Crippen LogP contribution in [0.1, 0.15) is 31.9 Å². The first-order valence-corrected chi connectivity index (χ1v) is 12.4. The maximum Gasteiger partial charge on any atom is 0.416 e. The van der Waals surface area contributed by atoms with E-state index in [1.807, 2.05) is 0 Å². The number of nitrogens with zero attached hydrogens (tertiary/aromatic N) is 7. The quantitative estimate of drug-likeness (QED) is 0.307. The first-order valence-electron chi connectivity index (χ1n) is 11.7. The van der Waals surface area contributed by atoms with Gasteiger partial charge in [0, 0.05) is 23.2 Å². The molecule has 0 fully saturated rings. The maximum atomic E-state index is 13.2. The molecule has 0 saturated heterocycles. The molecular formula is C24H24Cl2F3N7O3. The Hall–Kier alpha value is -3.26. The Labute approximate surface area is 230 Å². The molecule has 1 aromatic carbocycles. The first-order chi connectivity index (χ1) is 18.2. The zero-order valence-electron chi connectivity index (χ0n) is 20.8. The number of aromatic nitrogens is 7. The zero-order chi connectivity index (χ0) is 28.5. The van der Waals surface area contributed by atoms with Crippen molar-refractivity contribution in [2.24, 2.45) is 0 Å². The van der Waals surface area contributed by atoms with E-state index in [0.29, 0.717) is 22.8 Å². The largest absolute Gasteiger partial charge is 0.416 e. The molecule has 4 rings (SSSR count). The number of aliphatic hydroxyl groups is 2. The lowest BCUT2D eigenvalue weighted by atomic mass is 10.0. The molecule has 208 valence electrons. The highest BCUT2D eigenvalue weighted by Gasteiger charge is 2.39. The second-order valence-electron chi connectivity index (χ2n) is 9.42. The number of aryl methyl sites for hydroxylation is 1. The van der Waals surface area contributed by atoms with E-state index in [1.165, 1.54) is 35.1 Å². The molecule has 2 N–H and O–H groups in total. The fourth-order valence-corrected chi connectivity index (χ4v) is 4.00. The van der Waals surface area contributed by atoms with Crippen molar-refractivity contribution in [1.82, 2.24) is 34.1 Å². The molecule has 0 radical (unpaired) electrons. The number of hydrogen-bond donors (Lipinski definition) is 2. The topological polar surface area (TPSA) is 124 Å². The summed E-state index contributed by atoms with van der Waals surface area (Å²) in [5.41, 5.74) is -1.60. The Morgan fingerprint density at radius 1 is 1.08 bits per heavy atom. The zero-order valence-corrected chi connectivity index (χ0v) is 22.3. The number of pyridine rings is 1. The third-order valence-corrected chi connectivity index (χ3v) is 6.21. The Kier molecular flexibility index (Phi) is 8.17. The molecule has 3 aromatic heterocycles. The highest BCUT2D eigenvalue weighted by Crippen LogP contribution is 2.25.